The lowest BCUT2D eigenvalue weighted by Crippen LogP contribution is -3.13. The third kappa shape index (κ3) is 4.97. The standard InChI is InChI=1S/C20H21FN2O2/c1-14(24)16-4-8-18(9-5-16)22-20(25)13-23(19-10-11-19)12-15-2-6-17(21)7-3-15/h2-9,19H,10-13H2,1H3,(H,22,25)/p+1. The van der Waals surface area contributed by atoms with Gasteiger partial charge in [0, 0.05) is 29.7 Å². The first-order valence-electron chi connectivity index (χ1n) is 8.51. The zero-order valence-corrected chi connectivity index (χ0v) is 14.2. The number of halogens is 1. The van der Waals surface area contributed by atoms with Gasteiger partial charge in [-0.05, 0) is 43.3 Å². The highest BCUT2D eigenvalue weighted by atomic mass is 19.1. The van der Waals surface area contributed by atoms with Crippen molar-refractivity contribution in [1.82, 2.24) is 0 Å². The molecule has 4 nitrogen and oxygen atoms in total. The Morgan fingerprint density at radius 3 is 2.28 bits per heavy atom. The first-order chi connectivity index (χ1) is 12.0. The largest absolute Gasteiger partial charge is 0.321 e. The van der Waals surface area contributed by atoms with Crippen molar-refractivity contribution < 1.29 is 18.9 Å². The number of nitrogens with one attached hydrogen (secondary N) is 2. The second kappa shape index (κ2) is 7.57. The van der Waals surface area contributed by atoms with Gasteiger partial charge in [-0.2, -0.15) is 0 Å². The van der Waals surface area contributed by atoms with Crippen LogP contribution in [-0.4, -0.2) is 24.3 Å². The Morgan fingerprint density at radius 1 is 1.08 bits per heavy atom. The third-order valence-corrected chi connectivity index (χ3v) is 4.46. The average molecular weight is 341 g/mol. The first-order valence-corrected chi connectivity index (χ1v) is 8.51. The monoisotopic (exact) mass is 341 g/mol. The molecular weight excluding hydrogens is 319 g/mol. The number of carbonyl (C=O) groups is 2. The van der Waals surface area contributed by atoms with Crippen molar-refractivity contribution in [2.24, 2.45) is 0 Å². The predicted octanol–water partition coefficient (Wildman–Crippen LogP) is 2.21. The van der Waals surface area contributed by atoms with E-state index in [1.165, 1.54) is 24.0 Å². The highest BCUT2D eigenvalue weighted by molar-refractivity contribution is 5.95. The Balaban J connectivity index is 1.59. The topological polar surface area (TPSA) is 50.6 Å². The highest BCUT2D eigenvalue weighted by Crippen LogP contribution is 2.16. The van der Waals surface area contributed by atoms with Gasteiger partial charge in [0.2, 0.25) is 0 Å². The summed E-state index contributed by atoms with van der Waals surface area (Å²) < 4.78 is 13.0. The zero-order valence-electron chi connectivity index (χ0n) is 14.2. The summed E-state index contributed by atoms with van der Waals surface area (Å²) >= 11 is 0. The van der Waals surface area contributed by atoms with Crippen molar-refractivity contribution in [1.29, 1.82) is 0 Å². The molecule has 5 heteroatoms. The van der Waals surface area contributed by atoms with Crippen LogP contribution in [0.25, 0.3) is 0 Å². The Bertz CT molecular complexity index is 752. The van der Waals surface area contributed by atoms with Crippen molar-refractivity contribution >= 4 is 17.4 Å². The molecule has 1 saturated carbocycles. The molecule has 1 unspecified atom stereocenters. The number of hydrogen-bond acceptors (Lipinski definition) is 2. The minimum Gasteiger partial charge on any atom is -0.321 e. The normalized spacial score (nSPS) is 14.8. The summed E-state index contributed by atoms with van der Waals surface area (Å²) in [6.45, 7) is 2.60. The van der Waals surface area contributed by atoms with Crippen LogP contribution in [0.1, 0.15) is 35.7 Å². The molecule has 1 fully saturated rings. The van der Waals surface area contributed by atoms with Crippen LogP contribution in [0.3, 0.4) is 0 Å². The van der Waals surface area contributed by atoms with Gasteiger partial charge in [0.15, 0.2) is 12.3 Å². The Hall–Kier alpha value is -2.53. The van der Waals surface area contributed by atoms with Gasteiger partial charge in [0.05, 0.1) is 6.04 Å². The summed E-state index contributed by atoms with van der Waals surface area (Å²) in [6.07, 6.45) is 2.24. The van der Waals surface area contributed by atoms with E-state index in [0.29, 0.717) is 30.4 Å². The van der Waals surface area contributed by atoms with Crippen LogP contribution in [0.2, 0.25) is 0 Å². The number of hydrogen-bond donors (Lipinski definition) is 2. The van der Waals surface area contributed by atoms with Gasteiger partial charge in [0.1, 0.15) is 12.4 Å². The van der Waals surface area contributed by atoms with E-state index >= 15 is 0 Å². The number of ketones is 1. The van der Waals surface area contributed by atoms with E-state index in [0.717, 1.165) is 18.4 Å². The summed E-state index contributed by atoms with van der Waals surface area (Å²) in [5.41, 5.74) is 2.34. The van der Waals surface area contributed by atoms with Crippen molar-refractivity contribution in [3.05, 3.63) is 65.5 Å². The molecule has 0 heterocycles. The molecule has 130 valence electrons. The number of benzene rings is 2. The van der Waals surface area contributed by atoms with Crippen LogP contribution in [0.5, 0.6) is 0 Å². The van der Waals surface area contributed by atoms with Crippen LogP contribution < -0.4 is 10.2 Å². The summed E-state index contributed by atoms with van der Waals surface area (Å²) in [4.78, 5) is 24.8. The Labute approximate surface area is 146 Å². The number of anilines is 1. The second-order valence-electron chi connectivity index (χ2n) is 6.59. The fourth-order valence-electron chi connectivity index (χ4n) is 2.91. The molecule has 1 amide bonds. The van der Waals surface area contributed by atoms with E-state index in [-0.39, 0.29) is 17.5 Å². The second-order valence-corrected chi connectivity index (χ2v) is 6.59. The fourth-order valence-corrected chi connectivity index (χ4v) is 2.91. The van der Waals surface area contributed by atoms with Gasteiger partial charge in [-0.25, -0.2) is 4.39 Å². The van der Waals surface area contributed by atoms with E-state index in [1.807, 2.05) is 0 Å². The van der Waals surface area contributed by atoms with E-state index in [9.17, 15) is 14.0 Å². The van der Waals surface area contributed by atoms with Crippen LogP contribution in [-0.2, 0) is 11.3 Å². The molecule has 0 saturated heterocycles. The molecule has 0 aliphatic heterocycles. The molecule has 0 aromatic heterocycles. The predicted molar refractivity (Wildman–Crippen MR) is 94.0 cm³/mol. The molecular formula is C20H22FN2O2+. The quantitative estimate of drug-likeness (QED) is 0.759. The molecule has 0 radical (unpaired) electrons. The molecule has 1 aliphatic carbocycles. The Kier molecular flexibility index (Phi) is 5.24. The summed E-state index contributed by atoms with van der Waals surface area (Å²) in [6, 6.07) is 13.9. The van der Waals surface area contributed by atoms with Gasteiger partial charge in [-0.1, -0.05) is 12.1 Å². The van der Waals surface area contributed by atoms with E-state index in [2.05, 4.69) is 5.32 Å². The maximum Gasteiger partial charge on any atom is 0.279 e. The van der Waals surface area contributed by atoms with E-state index in [1.54, 1.807) is 36.4 Å². The smallest absolute Gasteiger partial charge is 0.279 e. The minimum atomic E-state index is -0.247. The minimum absolute atomic E-state index is 0.00141. The molecule has 25 heavy (non-hydrogen) atoms. The fraction of sp³-hybridized carbons (Fsp3) is 0.300. The highest BCUT2D eigenvalue weighted by Gasteiger charge is 2.34. The van der Waals surface area contributed by atoms with Crippen LogP contribution >= 0.6 is 0 Å². The van der Waals surface area contributed by atoms with Crippen LogP contribution in [0, 0.1) is 5.82 Å². The maximum atomic E-state index is 13.0. The molecule has 1 aliphatic rings. The zero-order chi connectivity index (χ0) is 17.8. The number of rotatable bonds is 7. The molecule has 2 N–H and O–H groups in total. The lowest BCUT2D eigenvalue weighted by Gasteiger charge is -2.19. The molecule has 2 aromatic carbocycles. The van der Waals surface area contributed by atoms with E-state index < -0.39 is 0 Å². The SMILES string of the molecule is CC(=O)c1ccc(NC(=O)C[NH+](Cc2ccc(F)cc2)C2CC2)cc1. The van der Waals surface area contributed by atoms with Crippen molar-refractivity contribution in [2.75, 3.05) is 11.9 Å². The molecule has 1 atom stereocenters. The Morgan fingerprint density at radius 2 is 1.72 bits per heavy atom. The van der Waals surface area contributed by atoms with Crippen molar-refractivity contribution in [2.45, 2.75) is 32.4 Å². The summed E-state index contributed by atoms with van der Waals surface area (Å²) in [5.74, 6) is -0.301. The third-order valence-electron chi connectivity index (χ3n) is 4.46. The van der Waals surface area contributed by atoms with Crippen molar-refractivity contribution in [3.63, 3.8) is 0 Å². The number of Topliss-reactive ketones (excluding diaryl/α,β-unsaturated/α-hetero) is 1. The lowest BCUT2D eigenvalue weighted by atomic mass is 10.1. The lowest BCUT2D eigenvalue weighted by molar-refractivity contribution is -0.916. The number of quaternary nitrogens is 1. The average Bonchev–Trinajstić information content (AvgIpc) is 3.41. The first kappa shape index (κ1) is 17.3. The number of amides is 1. The number of carbonyl (C=O) groups excluding carboxylic acids is 2. The summed E-state index contributed by atoms with van der Waals surface area (Å²) in [7, 11) is 0. The van der Waals surface area contributed by atoms with Crippen LogP contribution in [0.4, 0.5) is 10.1 Å². The van der Waals surface area contributed by atoms with Gasteiger partial charge >= 0.3 is 0 Å². The summed E-state index contributed by atoms with van der Waals surface area (Å²) in [5, 5.41) is 2.89. The van der Waals surface area contributed by atoms with Crippen LogP contribution in [0.15, 0.2) is 48.5 Å². The molecule has 2 aromatic rings. The molecule has 0 spiro atoms. The van der Waals surface area contributed by atoms with Gasteiger partial charge in [-0.15, -0.1) is 0 Å². The van der Waals surface area contributed by atoms with Gasteiger partial charge < -0.3 is 10.2 Å². The molecule has 0 bridgehead atoms. The van der Waals surface area contributed by atoms with E-state index in [4.69, 9.17) is 0 Å². The van der Waals surface area contributed by atoms with Gasteiger partial charge in [-0.3, -0.25) is 9.59 Å². The van der Waals surface area contributed by atoms with Crippen molar-refractivity contribution in [3.8, 4) is 0 Å². The maximum absolute atomic E-state index is 13.0. The van der Waals surface area contributed by atoms with Gasteiger partial charge in [0.25, 0.3) is 5.91 Å². The molecule has 3 rings (SSSR count).